The van der Waals surface area contributed by atoms with Gasteiger partial charge in [0, 0.05) is 0 Å². The van der Waals surface area contributed by atoms with Gasteiger partial charge in [-0.05, 0) is 61.0 Å². The topological polar surface area (TPSA) is 59.0 Å². The van der Waals surface area contributed by atoms with Crippen LogP contribution in [0, 0.1) is 0 Å². The number of hydrogen-bond acceptors (Lipinski definition) is 4. The lowest BCUT2D eigenvalue weighted by Crippen LogP contribution is -2.53. The Morgan fingerprint density at radius 3 is 2.29 bits per heavy atom. The summed E-state index contributed by atoms with van der Waals surface area (Å²) in [4.78, 5) is 14.0. The van der Waals surface area contributed by atoms with Gasteiger partial charge in [0.1, 0.15) is 11.3 Å². The van der Waals surface area contributed by atoms with Gasteiger partial charge >= 0.3 is 6.09 Å². The molecule has 21 heavy (non-hydrogen) atoms. The minimum atomic E-state index is -0.796. The Bertz CT molecular complexity index is 430. The van der Waals surface area contributed by atoms with E-state index in [0.29, 0.717) is 0 Å². The van der Waals surface area contributed by atoms with E-state index in [0.717, 1.165) is 11.1 Å². The summed E-state index contributed by atoms with van der Waals surface area (Å²) in [7, 11) is 0. The summed E-state index contributed by atoms with van der Waals surface area (Å²) in [6.45, 7) is 15.1. The maximum atomic E-state index is 12.5. The molecule has 0 aromatic carbocycles. The molecule has 1 aliphatic heterocycles. The van der Waals surface area contributed by atoms with Crippen LogP contribution in [-0.2, 0) is 9.47 Å². The van der Waals surface area contributed by atoms with Crippen molar-refractivity contribution in [3.8, 4) is 0 Å². The Kier molecular flexibility index (Phi) is 5.11. The highest BCUT2D eigenvalue weighted by atomic mass is 16.6. The number of rotatable bonds is 2. The summed E-state index contributed by atoms with van der Waals surface area (Å²) in [5, 5.41) is 10.6. The predicted molar refractivity (Wildman–Crippen MR) is 81.9 cm³/mol. The van der Waals surface area contributed by atoms with E-state index < -0.39 is 29.6 Å². The highest BCUT2D eigenvalue weighted by Gasteiger charge is 2.48. The fraction of sp³-hybridized carbons (Fsp3) is 0.812. The number of aliphatic hydroxyl groups is 1. The van der Waals surface area contributed by atoms with Crippen LogP contribution in [0.1, 0.15) is 55.4 Å². The molecule has 1 fully saturated rings. The third-order valence-corrected chi connectivity index (χ3v) is 3.71. The second kappa shape index (κ2) is 5.97. The summed E-state index contributed by atoms with van der Waals surface area (Å²) in [6, 6.07) is -0.440. The molecule has 5 heteroatoms. The monoisotopic (exact) mass is 299 g/mol. The van der Waals surface area contributed by atoms with Gasteiger partial charge in [-0.3, -0.25) is 4.90 Å². The van der Waals surface area contributed by atoms with Crippen molar-refractivity contribution in [3.63, 3.8) is 0 Å². The molecule has 1 heterocycles. The van der Waals surface area contributed by atoms with Gasteiger partial charge in [0.2, 0.25) is 0 Å². The highest BCUT2D eigenvalue weighted by Crippen LogP contribution is 2.32. The Morgan fingerprint density at radius 2 is 1.86 bits per heavy atom. The van der Waals surface area contributed by atoms with Crippen LogP contribution >= 0.6 is 0 Å². The van der Waals surface area contributed by atoms with E-state index in [9.17, 15) is 9.90 Å². The molecule has 0 bridgehead atoms. The lowest BCUT2D eigenvalue weighted by Gasteiger charge is -2.36. The average Bonchev–Trinajstić information content (AvgIpc) is 2.60. The Morgan fingerprint density at radius 1 is 1.33 bits per heavy atom. The van der Waals surface area contributed by atoms with Crippen LogP contribution in [0.3, 0.4) is 0 Å². The lowest BCUT2D eigenvalue weighted by molar-refractivity contribution is -0.0664. The van der Waals surface area contributed by atoms with E-state index in [2.05, 4.69) is 0 Å². The van der Waals surface area contributed by atoms with Gasteiger partial charge in [-0.2, -0.15) is 0 Å². The zero-order valence-corrected chi connectivity index (χ0v) is 14.5. The van der Waals surface area contributed by atoms with Crippen LogP contribution in [0.5, 0.6) is 0 Å². The Labute approximate surface area is 127 Å². The molecule has 0 aromatic rings. The molecule has 1 amide bonds. The molecule has 0 aliphatic carbocycles. The third-order valence-electron chi connectivity index (χ3n) is 3.71. The number of carbonyl (C=O) groups is 1. The normalized spacial score (nSPS) is 22.9. The van der Waals surface area contributed by atoms with Crippen molar-refractivity contribution >= 4 is 6.09 Å². The fourth-order valence-corrected chi connectivity index (χ4v) is 2.32. The van der Waals surface area contributed by atoms with E-state index in [1.165, 1.54) is 4.90 Å². The molecule has 0 radical (unpaired) electrons. The minimum Gasteiger partial charge on any atom is -0.444 e. The number of hydrogen-bond donors (Lipinski definition) is 1. The zero-order chi connectivity index (χ0) is 16.6. The summed E-state index contributed by atoms with van der Waals surface area (Å²) < 4.78 is 11.2. The average molecular weight is 299 g/mol. The lowest BCUT2D eigenvalue weighted by atomic mass is 9.99. The second-order valence-electron chi connectivity index (χ2n) is 7.30. The van der Waals surface area contributed by atoms with Crippen LogP contribution in [0.4, 0.5) is 4.79 Å². The van der Waals surface area contributed by atoms with Crippen molar-refractivity contribution in [2.75, 3.05) is 6.61 Å². The van der Waals surface area contributed by atoms with Gasteiger partial charge in [-0.25, -0.2) is 4.79 Å². The van der Waals surface area contributed by atoms with Gasteiger partial charge in [-0.15, -0.1) is 0 Å². The van der Waals surface area contributed by atoms with Crippen molar-refractivity contribution in [1.82, 2.24) is 4.90 Å². The van der Waals surface area contributed by atoms with Crippen LogP contribution in [-0.4, -0.2) is 46.2 Å². The van der Waals surface area contributed by atoms with Crippen molar-refractivity contribution < 1.29 is 19.4 Å². The SMILES string of the molecule is CC(C)=C(C)[C@H](O)[C@@H]1COC(C)(C)N1C(=O)OC(C)(C)C. The Hall–Kier alpha value is -1.07. The molecule has 1 rings (SSSR count). The van der Waals surface area contributed by atoms with E-state index >= 15 is 0 Å². The summed E-state index contributed by atoms with van der Waals surface area (Å²) in [6.07, 6.45) is -1.22. The standard InChI is InChI=1S/C16H29NO4/c1-10(2)11(3)13(18)12-9-20-16(7,8)17(12)14(19)21-15(4,5)6/h12-13,18H,9H2,1-8H3/t12-,13-/m0/s1. The first-order valence-electron chi connectivity index (χ1n) is 7.35. The number of allylic oxidation sites excluding steroid dienone is 1. The molecule has 1 aliphatic rings. The highest BCUT2D eigenvalue weighted by molar-refractivity contribution is 5.70. The molecule has 122 valence electrons. The van der Waals surface area contributed by atoms with Gasteiger partial charge in [0.05, 0.1) is 18.8 Å². The van der Waals surface area contributed by atoms with Crippen LogP contribution < -0.4 is 0 Å². The Balaban J connectivity index is 3.05. The molecule has 0 aromatic heterocycles. The van der Waals surface area contributed by atoms with Crippen LogP contribution in [0.15, 0.2) is 11.1 Å². The molecular formula is C16H29NO4. The van der Waals surface area contributed by atoms with Crippen molar-refractivity contribution in [2.24, 2.45) is 0 Å². The quantitative estimate of drug-likeness (QED) is 0.796. The van der Waals surface area contributed by atoms with Crippen molar-refractivity contribution in [1.29, 1.82) is 0 Å². The first-order chi connectivity index (χ1) is 9.37. The largest absolute Gasteiger partial charge is 0.444 e. The molecule has 1 saturated heterocycles. The van der Waals surface area contributed by atoms with Gasteiger partial charge in [0.15, 0.2) is 0 Å². The molecule has 0 saturated carbocycles. The van der Waals surface area contributed by atoms with Crippen LogP contribution in [0.25, 0.3) is 0 Å². The second-order valence-corrected chi connectivity index (χ2v) is 7.30. The van der Waals surface area contributed by atoms with E-state index in [1.807, 2.05) is 55.4 Å². The number of carbonyl (C=O) groups excluding carboxylic acids is 1. The fourth-order valence-electron chi connectivity index (χ4n) is 2.32. The van der Waals surface area contributed by atoms with Gasteiger partial charge in [-0.1, -0.05) is 5.57 Å². The number of amides is 1. The maximum absolute atomic E-state index is 12.5. The van der Waals surface area contributed by atoms with E-state index in [4.69, 9.17) is 9.47 Å². The summed E-state index contributed by atoms with van der Waals surface area (Å²) >= 11 is 0. The molecule has 0 spiro atoms. The summed E-state index contributed by atoms with van der Waals surface area (Å²) in [5.74, 6) is 0. The molecular weight excluding hydrogens is 270 g/mol. The molecule has 5 nitrogen and oxygen atoms in total. The van der Waals surface area contributed by atoms with Gasteiger partial charge in [0.25, 0.3) is 0 Å². The number of nitrogens with zero attached hydrogens (tertiary/aromatic N) is 1. The molecule has 1 N–H and O–H groups in total. The number of ether oxygens (including phenoxy) is 2. The van der Waals surface area contributed by atoms with Crippen molar-refractivity contribution in [2.45, 2.75) is 78.9 Å². The van der Waals surface area contributed by atoms with E-state index in [-0.39, 0.29) is 6.61 Å². The minimum absolute atomic E-state index is 0.290. The zero-order valence-electron chi connectivity index (χ0n) is 14.5. The molecule has 0 unspecified atom stereocenters. The first-order valence-corrected chi connectivity index (χ1v) is 7.35. The third kappa shape index (κ3) is 4.20. The van der Waals surface area contributed by atoms with Crippen LogP contribution in [0.2, 0.25) is 0 Å². The van der Waals surface area contributed by atoms with Gasteiger partial charge < -0.3 is 14.6 Å². The molecule has 2 atom stereocenters. The first kappa shape index (κ1) is 18.0. The van der Waals surface area contributed by atoms with E-state index in [1.54, 1.807) is 0 Å². The summed E-state index contributed by atoms with van der Waals surface area (Å²) in [5.41, 5.74) is 0.512. The smallest absolute Gasteiger partial charge is 0.413 e. The maximum Gasteiger partial charge on any atom is 0.413 e. The predicted octanol–water partition coefficient (Wildman–Crippen LogP) is 3.08. The number of aliphatic hydroxyl groups excluding tert-OH is 1. The van der Waals surface area contributed by atoms with Crippen molar-refractivity contribution in [3.05, 3.63) is 11.1 Å².